The van der Waals surface area contributed by atoms with E-state index in [9.17, 15) is 14.4 Å². The third kappa shape index (κ3) is 8.44. The number of nitrogens with zero attached hydrogens (tertiary/aromatic N) is 2. The smallest absolute Gasteiger partial charge is 0.306 e. The van der Waals surface area contributed by atoms with Gasteiger partial charge in [0, 0.05) is 62.0 Å². The van der Waals surface area contributed by atoms with Crippen LogP contribution in [0.4, 0.5) is 17.1 Å². The topological polar surface area (TPSA) is 113 Å². The molecule has 1 fully saturated rings. The number of anilines is 3. The highest BCUT2D eigenvalue weighted by molar-refractivity contribution is 6.08. The van der Waals surface area contributed by atoms with Crippen LogP contribution in [-0.4, -0.2) is 55.1 Å². The van der Waals surface area contributed by atoms with E-state index in [-0.39, 0.29) is 23.7 Å². The van der Waals surface area contributed by atoms with Crippen molar-refractivity contribution in [1.29, 1.82) is 0 Å². The van der Waals surface area contributed by atoms with Crippen molar-refractivity contribution in [2.45, 2.75) is 64.9 Å². The fourth-order valence-corrected chi connectivity index (χ4v) is 5.20. The highest BCUT2D eigenvalue weighted by atomic mass is 16.6. The Hall–Kier alpha value is -4.14. The van der Waals surface area contributed by atoms with Crippen LogP contribution in [0.3, 0.4) is 0 Å². The molecule has 224 valence electrons. The number of rotatable bonds is 11. The summed E-state index contributed by atoms with van der Waals surface area (Å²) in [7, 11) is 1.61. The molecule has 3 N–H and O–H groups in total. The van der Waals surface area contributed by atoms with Crippen LogP contribution in [0.5, 0.6) is 0 Å². The van der Waals surface area contributed by atoms with Crippen molar-refractivity contribution >= 4 is 45.7 Å². The number of ether oxygens (including phenoxy) is 1. The summed E-state index contributed by atoms with van der Waals surface area (Å²) in [5.74, 6) is -0.283. The van der Waals surface area contributed by atoms with Gasteiger partial charge in [-0.05, 0) is 76.8 Å². The second-order valence-corrected chi connectivity index (χ2v) is 11.8. The summed E-state index contributed by atoms with van der Waals surface area (Å²) in [6.07, 6.45) is 6.04. The van der Waals surface area contributed by atoms with E-state index in [0.717, 1.165) is 67.5 Å². The molecule has 0 aliphatic carbocycles. The molecule has 1 aliphatic heterocycles. The van der Waals surface area contributed by atoms with E-state index in [1.165, 1.54) is 0 Å². The number of nitrogens with one attached hydrogen (secondary N) is 3. The monoisotopic (exact) mass is 573 g/mol. The fraction of sp³-hybridized carbons (Fsp3) is 0.455. The zero-order valence-electron chi connectivity index (χ0n) is 25.2. The van der Waals surface area contributed by atoms with Crippen molar-refractivity contribution < 1.29 is 19.1 Å². The summed E-state index contributed by atoms with van der Waals surface area (Å²) >= 11 is 0. The van der Waals surface area contributed by atoms with Crippen LogP contribution in [0, 0.1) is 5.92 Å². The van der Waals surface area contributed by atoms with Crippen LogP contribution < -0.4 is 20.9 Å². The number of hydrogen-bond donors (Lipinski definition) is 3. The van der Waals surface area contributed by atoms with Gasteiger partial charge in [0.1, 0.15) is 5.60 Å². The van der Waals surface area contributed by atoms with Gasteiger partial charge in [-0.25, -0.2) is 0 Å². The molecular weight excluding hydrogens is 530 g/mol. The van der Waals surface area contributed by atoms with Crippen molar-refractivity contribution in [3.63, 3.8) is 0 Å². The molecule has 0 atom stereocenters. The number of carbonyl (C=O) groups is 3. The molecular formula is C33H43N5O4. The van der Waals surface area contributed by atoms with Gasteiger partial charge in [0.2, 0.25) is 5.91 Å². The summed E-state index contributed by atoms with van der Waals surface area (Å²) in [4.78, 5) is 44.2. The molecule has 0 spiro atoms. The SMILES string of the molecule is CNC(=O)c1cnc2ccc(N3CCC(C(=O)NCCCCCC(=O)OC(C)(C)C)CC3)cc2c1Nc1ccccc1. The quantitative estimate of drug-likeness (QED) is 0.203. The number of piperidine rings is 1. The summed E-state index contributed by atoms with van der Waals surface area (Å²) in [5, 5.41) is 10.1. The van der Waals surface area contributed by atoms with E-state index in [1.54, 1.807) is 13.2 Å². The van der Waals surface area contributed by atoms with Crippen LogP contribution in [-0.2, 0) is 14.3 Å². The van der Waals surface area contributed by atoms with E-state index < -0.39 is 5.60 Å². The number of unbranched alkanes of at least 4 members (excludes halogenated alkanes) is 2. The van der Waals surface area contributed by atoms with E-state index in [4.69, 9.17) is 4.74 Å². The first kappa shape index (κ1) is 30.8. The average molecular weight is 574 g/mol. The number of para-hydroxylation sites is 1. The predicted octanol–water partition coefficient (Wildman–Crippen LogP) is 5.57. The molecule has 2 heterocycles. The molecule has 0 radical (unpaired) electrons. The van der Waals surface area contributed by atoms with Crippen LogP contribution in [0.15, 0.2) is 54.7 Å². The van der Waals surface area contributed by atoms with Gasteiger partial charge in [-0.2, -0.15) is 0 Å². The third-order valence-electron chi connectivity index (χ3n) is 7.37. The molecule has 1 aromatic heterocycles. The van der Waals surface area contributed by atoms with E-state index in [1.807, 2.05) is 57.2 Å². The third-order valence-corrected chi connectivity index (χ3v) is 7.37. The van der Waals surface area contributed by atoms with E-state index in [2.05, 4.69) is 38.0 Å². The lowest BCUT2D eigenvalue weighted by molar-refractivity contribution is -0.155. The number of amides is 2. The second kappa shape index (κ2) is 14.2. The minimum atomic E-state index is -0.453. The molecule has 3 aromatic rings. The van der Waals surface area contributed by atoms with Crippen molar-refractivity contribution in [1.82, 2.24) is 15.6 Å². The Morgan fingerprint density at radius 3 is 2.43 bits per heavy atom. The first-order chi connectivity index (χ1) is 20.1. The molecule has 2 amide bonds. The van der Waals surface area contributed by atoms with Gasteiger partial charge >= 0.3 is 5.97 Å². The highest BCUT2D eigenvalue weighted by Gasteiger charge is 2.25. The Kier molecular flexibility index (Phi) is 10.4. The number of pyridine rings is 1. The van der Waals surface area contributed by atoms with Gasteiger partial charge in [0.25, 0.3) is 5.91 Å². The Balaban J connectivity index is 1.32. The Morgan fingerprint density at radius 2 is 1.74 bits per heavy atom. The first-order valence-corrected chi connectivity index (χ1v) is 14.9. The maximum atomic E-state index is 12.8. The van der Waals surface area contributed by atoms with Crippen molar-refractivity contribution in [3.05, 3.63) is 60.3 Å². The number of carbonyl (C=O) groups excluding carboxylic acids is 3. The van der Waals surface area contributed by atoms with Crippen LogP contribution in [0.2, 0.25) is 0 Å². The van der Waals surface area contributed by atoms with Gasteiger partial charge < -0.3 is 25.6 Å². The summed E-state index contributed by atoms with van der Waals surface area (Å²) in [6, 6.07) is 15.9. The molecule has 9 nitrogen and oxygen atoms in total. The second-order valence-electron chi connectivity index (χ2n) is 11.8. The summed E-state index contributed by atoms with van der Waals surface area (Å²) in [6.45, 7) is 7.77. The van der Waals surface area contributed by atoms with Gasteiger partial charge in [0.05, 0.1) is 16.8 Å². The molecule has 0 saturated carbocycles. The number of esters is 1. The van der Waals surface area contributed by atoms with Crippen LogP contribution >= 0.6 is 0 Å². The maximum Gasteiger partial charge on any atom is 0.306 e. The number of hydrogen-bond acceptors (Lipinski definition) is 7. The van der Waals surface area contributed by atoms with Gasteiger partial charge in [-0.1, -0.05) is 24.6 Å². The maximum absolute atomic E-state index is 12.8. The molecule has 42 heavy (non-hydrogen) atoms. The van der Waals surface area contributed by atoms with Crippen molar-refractivity contribution in [2.24, 2.45) is 5.92 Å². The molecule has 1 aliphatic rings. The molecule has 9 heteroatoms. The van der Waals surface area contributed by atoms with Crippen LogP contribution in [0.1, 0.15) is 69.7 Å². The van der Waals surface area contributed by atoms with Gasteiger partial charge in [0.15, 0.2) is 0 Å². The fourth-order valence-electron chi connectivity index (χ4n) is 5.20. The largest absolute Gasteiger partial charge is 0.460 e. The minimum absolute atomic E-state index is 0.0136. The molecule has 1 saturated heterocycles. The standard InChI is InChI=1S/C33H43N5O4/c1-33(2,3)42-29(39)13-9-6-10-18-35-31(40)23-16-19-38(20-17-23)25-14-15-28-26(21-25)30(27(22-36-28)32(41)34-4)37-24-11-7-5-8-12-24/h5,7-8,11-12,14-15,21-23H,6,9-10,13,16-20H2,1-4H3,(H,34,41)(H,35,40)(H,36,37). The van der Waals surface area contributed by atoms with E-state index >= 15 is 0 Å². The lowest BCUT2D eigenvalue weighted by Crippen LogP contribution is -2.40. The highest BCUT2D eigenvalue weighted by Crippen LogP contribution is 2.33. The molecule has 0 unspecified atom stereocenters. The van der Waals surface area contributed by atoms with Gasteiger partial charge in [-0.3, -0.25) is 19.4 Å². The lowest BCUT2D eigenvalue weighted by Gasteiger charge is -2.33. The molecule has 4 rings (SSSR count). The zero-order chi connectivity index (χ0) is 30.1. The summed E-state index contributed by atoms with van der Waals surface area (Å²) < 4.78 is 5.34. The van der Waals surface area contributed by atoms with Crippen molar-refractivity contribution in [3.8, 4) is 0 Å². The Bertz CT molecular complexity index is 1380. The van der Waals surface area contributed by atoms with Crippen LogP contribution in [0.25, 0.3) is 10.9 Å². The Morgan fingerprint density at radius 1 is 1.00 bits per heavy atom. The lowest BCUT2D eigenvalue weighted by atomic mass is 9.95. The Labute approximate surface area is 248 Å². The molecule has 0 bridgehead atoms. The first-order valence-electron chi connectivity index (χ1n) is 14.9. The van der Waals surface area contributed by atoms with Gasteiger partial charge in [-0.15, -0.1) is 0 Å². The van der Waals surface area contributed by atoms with Crippen molar-refractivity contribution in [2.75, 3.05) is 36.9 Å². The number of benzene rings is 2. The van der Waals surface area contributed by atoms with E-state index in [0.29, 0.717) is 24.2 Å². The predicted molar refractivity (Wildman–Crippen MR) is 167 cm³/mol. The number of aromatic nitrogens is 1. The normalized spacial score (nSPS) is 14.0. The average Bonchev–Trinajstić information content (AvgIpc) is 2.98. The zero-order valence-corrected chi connectivity index (χ0v) is 25.2. The summed E-state index contributed by atoms with van der Waals surface area (Å²) in [5.41, 5.74) is 3.46. The molecule has 2 aromatic carbocycles. The number of fused-ring (bicyclic) bond motifs is 1. The minimum Gasteiger partial charge on any atom is -0.460 e.